The number of ether oxygens (including phenoxy) is 1. The van der Waals surface area contributed by atoms with Crippen molar-refractivity contribution in [3.8, 4) is 11.4 Å². The SMILES string of the molecule is CCOc1ccccc1CNC(=O)[C@@H]1CCCN(c2ccc(=O)n(-c3cccc(Cl)c3)n2)C1. The van der Waals surface area contributed by atoms with Gasteiger partial charge in [0, 0.05) is 36.3 Å². The van der Waals surface area contributed by atoms with Crippen LogP contribution in [0, 0.1) is 5.92 Å². The van der Waals surface area contributed by atoms with E-state index in [1.165, 1.54) is 10.7 Å². The first-order chi connectivity index (χ1) is 16.0. The molecule has 2 heterocycles. The van der Waals surface area contributed by atoms with Gasteiger partial charge in [0.1, 0.15) is 11.6 Å². The van der Waals surface area contributed by atoms with Crippen molar-refractivity contribution in [3.05, 3.63) is 81.6 Å². The van der Waals surface area contributed by atoms with Crippen LogP contribution in [0.4, 0.5) is 5.82 Å². The summed E-state index contributed by atoms with van der Waals surface area (Å²) in [7, 11) is 0. The molecule has 0 spiro atoms. The summed E-state index contributed by atoms with van der Waals surface area (Å²) < 4.78 is 6.99. The summed E-state index contributed by atoms with van der Waals surface area (Å²) in [5.41, 5.74) is 1.32. The third-order valence-electron chi connectivity index (χ3n) is 5.68. The molecule has 1 N–H and O–H groups in total. The molecule has 3 aromatic rings. The second-order valence-electron chi connectivity index (χ2n) is 7.97. The Morgan fingerprint density at radius 1 is 1.18 bits per heavy atom. The quantitative estimate of drug-likeness (QED) is 0.573. The Bertz CT molecular complexity index is 1180. The lowest BCUT2D eigenvalue weighted by Gasteiger charge is -2.33. The Balaban J connectivity index is 1.45. The minimum absolute atomic E-state index is 0.00849. The third kappa shape index (κ3) is 5.54. The molecule has 0 bridgehead atoms. The highest BCUT2D eigenvalue weighted by atomic mass is 35.5. The van der Waals surface area contributed by atoms with Gasteiger partial charge in [-0.25, -0.2) is 0 Å². The molecule has 172 valence electrons. The number of anilines is 1. The number of hydrogen-bond donors (Lipinski definition) is 1. The molecule has 0 saturated carbocycles. The maximum atomic E-state index is 12.9. The Morgan fingerprint density at radius 3 is 2.85 bits per heavy atom. The molecular formula is C25H27ClN4O3. The summed E-state index contributed by atoms with van der Waals surface area (Å²) in [6, 6.07) is 18.0. The molecule has 1 saturated heterocycles. The largest absolute Gasteiger partial charge is 0.494 e. The molecule has 1 fully saturated rings. The summed E-state index contributed by atoms with van der Waals surface area (Å²) in [6.07, 6.45) is 1.68. The van der Waals surface area contributed by atoms with Crippen molar-refractivity contribution in [2.45, 2.75) is 26.3 Å². The van der Waals surface area contributed by atoms with E-state index in [0.29, 0.717) is 36.2 Å². The molecule has 1 amide bonds. The van der Waals surface area contributed by atoms with E-state index in [-0.39, 0.29) is 17.4 Å². The zero-order valence-corrected chi connectivity index (χ0v) is 19.3. The Kier molecular flexibility index (Phi) is 7.29. The number of piperidine rings is 1. The van der Waals surface area contributed by atoms with E-state index >= 15 is 0 Å². The van der Waals surface area contributed by atoms with Crippen LogP contribution in [0.5, 0.6) is 5.75 Å². The molecule has 0 unspecified atom stereocenters. The number of hydrogen-bond acceptors (Lipinski definition) is 5. The lowest BCUT2D eigenvalue weighted by Crippen LogP contribution is -2.43. The van der Waals surface area contributed by atoms with Crippen molar-refractivity contribution >= 4 is 23.3 Å². The molecular weight excluding hydrogens is 440 g/mol. The van der Waals surface area contributed by atoms with Crippen LogP contribution in [-0.4, -0.2) is 35.4 Å². The smallest absolute Gasteiger partial charge is 0.271 e. The number of nitrogens with one attached hydrogen (secondary N) is 1. The summed E-state index contributed by atoms with van der Waals surface area (Å²) >= 11 is 6.08. The second-order valence-corrected chi connectivity index (χ2v) is 8.40. The molecule has 7 nitrogen and oxygen atoms in total. The number of rotatable bonds is 7. The van der Waals surface area contributed by atoms with Crippen LogP contribution in [0.1, 0.15) is 25.3 Å². The van der Waals surface area contributed by atoms with Crippen molar-refractivity contribution in [2.24, 2.45) is 5.92 Å². The van der Waals surface area contributed by atoms with Gasteiger partial charge >= 0.3 is 0 Å². The van der Waals surface area contributed by atoms with E-state index in [2.05, 4.69) is 15.3 Å². The average Bonchev–Trinajstić information content (AvgIpc) is 2.84. The van der Waals surface area contributed by atoms with Crippen molar-refractivity contribution in [1.29, 1.82) is 0 Å². The van der Waals surface area contributed by atoms with E-state index < -0.39 is 0 Å². The zero-order valence-electron chi connectivity index (χ0n) is 18.5. The number of carbonyl (C=O) groups is 1. The Labute approximate surface area is 197 Å². The monoisotopic (exact) mass is 466 g/mol. The second kappa shape index (κ2) is 10.5. The van der Waals surface area contributed by atoms with Crippen LogP contribution < -0.4 is 20.5 Å². The number of nitrogens with zero attached hydrogens (tertiary/aromatic N) is 3. The third-order valence-corrected chi connectivity index (χ3v) is 5.92. The van der Waals surface area contributed by atoms with Crippen molar-refractivity contribution < 1.29 is 9.53 Å². The predicted molar refractivity (Wildman–Crippen MR) is 129 cm³/mol. The molecule has 2 aromatic carbocycles. The number of aromatic nitrogens is 2. The van der Waals surface area contributed by atoms with Gasteiger partial charge in [0.05, 0.1) is 18.2 Å². The van der Waals surface area contributed by atoms with Crippen LogP contribution in [0.3, 0.4) is 0 Å². The average molecular weight is 467 g/mol. The predicted octanol–water partition coefficient (Wildman–Crippen LogP) is 3.82. The summed E-state index contributed by atoms with van der Waals surface area (Å²) in [6.45, 7) is 4.25. The van der Waals surface area contributed by atoms with Crippen molar-refractivity contribution in [2.75, 3.05) is 24.6 Å². The number of benzene rings is 2. The standard InChI is InChI=1S/C25H27ClN4O3/c1-2-33-22-11-4-3-7-18(22)16-27-25(32)19-8-6-14-29(17-19)23-12-13-24(31)30(28-23)21-10-5-9-20(26)15-21/h3-5,7,9-13,15,19H,2,6,8,14,16-17H2,1H3,(H,27,32)/t19-/m1/s1. The van der Waals surface area contributed by atoms with Crippen molar-refractivity contribution in [3.63, 3.8) is 0 Å². The summed E-state index contributed by atoms with van der Waals surface area (Å²) in [5.74, 6) is 1.30. The highest BCUT2D eigenvalue weighted by Crippen LogP contribution is 2.23. The zero-order chi connectivity index (χ0) is 23.2. The molecule has 0 radical (unpaired) electrons. The lowest BCUT2D eigenvalue weighted by atomic mass is 9.97. The van der Waals surface area contributed by atoms with Crippen molar-refractivity contribution in [1.82, 2.24) is 15.1 Å². The molecule has 8 heteroatoms. The maximum Gasteiger partial charge on any atom is 0.271 e. The fourth-order valence-corrected chi connectivity index (χ4v) is 4.22. The number of amides is 1. The first-order valence-electron chi connectivity index (χ1n) is 11.1. The van der Waals surface area contributed by atoms with Crippen LogP contribution in [-0.2, 0) is 11.3 Å². The summed E-state index contributed by atoms with van der Waals surface area (Å²) in [4.78, 5) is 27.4. The maximum absolute atomic E-state index is 12.9. The fraction of sp³-hybridized carbons (Fsp3) is 0.320. The van der Waals surface area contributed by atoms with Crippen LogP contribution in [0.15, 0.2) is 65.5 Å². The van der Waals surface area contributed by atoms with Crippen LogP contribution in [0.25, 0.3) is 5.69 Å². The van der Waals surface area contributed by atoms with E-state index in [1.807, 2.05) is 31.2 Å². The molecule has 4 rings (SSSR count). The highest BCUT2D eigenvalue weighted by molar-refractivity contribution is 6.30. The molecule has 1 aliphatic rings. The van der Waals surface area contributed by atoms with Gasteiger partial charge in [-0.15, -0.1) is 5.10 Å². The van der Waals surface area contributed by atoms with Gasteiger partial charge in [-0.3, -0.25) is 9.59 Å². The molecule has 0 aliphatic carbocycles. The Morgan fingerprint density at radius 2 is 2.03 bits per heavy atom. The van der Waals surface area contributed by atoms with Gasteiger partial charge < -0.3 is 15.0 Å². The van der Waals surface area contributed by atoms with Gasteiger partial charge in [-0.05, 0) is 50.1 Å². The van der Waals surface area contributed by atoms with Gasteiger partial charge in [0.2, 0.25) is 5.91 Å². The molecule has 1 aliphatic heterocycles. The highest BCUT2D eigenvalue weighted by Gasteiger charge is 2.27. The first-order valence-corrected chi connectivity index (χ1v) is 11.5. The molecule has 1 aromatic heterocycles. The topological polar surface area (TPSA) is 76.5 Å². The van der Waals surface area contributed by atoms with Crippen LogP contribution >= 0.6 is 11.6 Å². The lowest BCUT2D eigenvalue weighted by molar-refractivity contribution is -0.125. The Hall–Kier alpha value is -3.32. The van der Waals surface area contributed by atoms with E-state index in [1.54, 1.807) is 30.3 Å². The van der Waals surface area contributed by atoms with E-state index in [0.717, 1.165) is 30.7 Å². The van der Waals surface area contributed by atoms with E-state index in [9.17, 15) is 9.59 Å². The first kappa shape index (κ1) is 22.9. The van der Waals surface area contributed by atoms with E-state index in [4.69, 9.17) is 16.3 Å². The van der Waals surface area contributed by atoms with Gasteiger partial charge in [0.25, 0.3) is 5.56 Å². The number of carbonyl (C=O) groups excluding carboxylic acids is 1. The van der Waals surface area contributed by atoms with Gasteiger partial charge in [0.15, 0.2) is 0 Å². The van der Waals surface area contributed by atoms with Crippen LogP contribution in [0.2, 0.25) is 5.02 Å². The molecule has 1 atom stereocenters. The minimum atomic E-state index is -0.236. The number of para-hydroxylation sites is 1. The normalized spacial score (nSPS) is 15.8. The number of halogens is 1. The summed E-state index contributed by atoms with van der Waals surface area (Å²) in [5, 5.41) is 8.14. The minimum Gasteiger partial charge on any atom is -0.494 e. The fourth-order valence-electron chi connectivity index (χ4n) is 4.04. The van der Waals surface area contributed by atoms with Gasteiger partial charge in [-0.1, -0.05) is 35.9 Å². The molecule has 33 heavy (non-hydrogen) atoms. The van der Waals surface area contributed by atoms with Gasteiger partial charge in [-0.2, -0.15) is 4.68 Å².